The first kappa shape index (κ1) is 11.8. The van der Waals surface area contributed by atoms with E-state index in [4.69, 9.17) is 10.5 Å². The van der Waals surface area contributed by atoms with Gasteiger partial charge in [0.15, 0.2) is 0 Å². The monoisotopic (exact) mass is 379 g/mol. The topological polar surface area (TPSA) is 63.4 Å². The lowest BCUT2D eigenvalue weighted by molar-refractivity contribution is 0.946. The van der Waals surface area contributed by atoms with Crippen molar-refractivity contribution in [3.05, 3.63) is 20.3 Å². The molecule has 0 saturated carbocycles. The van der Waals surface area contributed by atoms with Crippen molar-refractivity contribution in [1.82, 2.24) is 4.98 Å². The molecule has 1 atom stereocenters. The van der Waals surface area contributed by atoms with Crippen LogP contribution in [0.3, 0.4) is 0 Å². The highest BCUT2D eigenvalue weighted by atomic mass is 79.9. The molecule has 3 nitrogen and oxygen atoms in total. The lowest BCUT2D eigenvalue weighted by Crippen LogP contribution is -1.99. The van der Waals surface area contributed by atoms with Gasteiger partial charge in [0, 0.05) is 5.33 Å². The Morgan fingerprint density at radius 2 is 2.00 bits per heavy atom. The summed E-state index contributed by atoms with van der Waals surface area (Å²) in [5.74, 6) is -0.341. The van der Waals surface area contributed by atoms with Crippen LogP contribution in [0.15, 0.2) is 9.08 Å². The van der Waals surface area contributed by atoms with Crippen LogP contribution >= 0.6 is 47.8 Å². The predicted octanol–water partition coefficient (Wildman–Crippen LogP) is 3.41. The zero-order valence-corrected chi connectivity index (χ0v) is 11.6. The van der Waals surface area contributed by atoms with Crippen molar-refractivity contribution in [3.63, 3.8) is 0 Å². The first-order chi connectivity index (χ1) is 6.65. The second-order valence-corrected chi connectivity index (χ2v) is 4.72. The largest absolute Gasteiger partial charge is 0.350 e. The SMILES string of the molecule is N#Cc1c(C(C#N)CBr)[nH]c(Br)c1Br. The minimum Gasteiger partial charge on any atom is -0.350 e. The van der Waals surface area contributed by atoms with Gasteiger partial charge in [0.05, 0.1) is 32.3 Å². The summed E-state index contributed by atoms with van der Waals surface area (Å²) in [5, 5.41) is 18.3. The van der Waals surface area contributed by atoms with Gasteiger partial charge in [-0.1, -0.05) is 15.9 Å². The second-order valence-electron chi connectivity index (χ2n) is 2.49. The molecule has 0 aliphatic heterocycles. The Balaban J connectivity index is 3.30. The van der Waals surface area contributed by atoms with E-state index in [0.29, 0.717) is 25.7 Å². The molecule has 0 fully saturated rings. The van der Waals surface area contributed by atoms with Gasteiger partial charge in [0.2, 0.25) is 0 Å². The van der Waals surface area contributed by atoms with Gasteiger partial charge in [0.1, 0.15) is 6.07 Å². The highest BCUT2D eigenvalue weighted by molar-refractivity contribution is 9.13. The number of nitriles is 2. The van der Waals surface area contributed by atoms with Crippen molar-refractivity contribution >= 4 is 47.8 Å². The van der Waals surface area contributed by atoms with Gasteiger partial charge in [-0.05, 0) is 31.9 Å². The van der Waals surface area contributed by atoms with Crippen LogP contribution < -0.4 is 0 Å². The molecule has 0 bridgehead atoms. The minimum absolute atomic E-state index is 0.341. The first-order valence-electron chi connectivity index (χ1n) is 3.58. The molecule has 1 unspecified atom stereocenters. The fourth-order valence-electron chi connectivity index (χ4n) is 1.01. The lowest BCUT2D eigenvalue weighted by atomic mass is 10.1. The molecule has 0 radical (unpaired) electrons. The van der Waals surface area contributed by atoms with Gasteiger partial charge >= 0.3 is 0 Å². The third-order valence-corrected chi connectivity index (χ3v) is 4.26. The van der Waals surface area contributed by atoms with Crippen LogP contribution in [0, 0.1) is 22.7 Å². The fourth-order valence-corrected chi connectivity index (χ4v) is 2.29. The quantitative estimate of drug-likeness (QED) is 0.798. The smallest absolute Gasteiger partial charge is 0.102 e. The van der Waals surface area contributed by atoms with E-state index in [1.165, 1.54) is 0 Å². The molecule has 1 aromatic heterocycles. The van der Waals surface area contributed by atoms with Crippen molar-refractivity contribution in [2.24, 2.45) is 0 Å². The molecule has 0 aromatic carbocycles. The van der Waals surface area contributed by atoms with Crippen molar-refractivity contribution in [2.45, 2.75) is 5.92 Å². The molecule has 1 rings (SSSR count). The van der Waals surface area contributed by atoms with Crippen LogP contribution in [0.1, 0.15) is 17.2 Å². The Hall–Kier alpha value is -0.300. The molecule has 6 heteroatoms. The van der Waals surface area contributed by atoms with Crippen LogP contribution in [0.25, 0.3) is 0 Å². The average Bonchev–Trinajstić information content (AvgIpc) is 2.45. The number of aromatic amines is 1. The van der Waals surface area contributed by atoms with Gasteiger partial charge in [-0.15, -0.1) is 0 Å². The van der Waals surface area contributed by atoms with Crippen molar-refractivity contribution in [1.29, 1.82) is 10.5 Å². The summed E-state index contributed by atoms with van der Waals surface area (Å²) >= 11 is 9.75. The zero-order valence-electron chi connectivity index (χ0n) is 6.81. The Morgan fingerprint density at radius 1 is 1.36 bits per heavy atom. The highest BCUT2D eigenvalue weighted by Gasteiger charge is 2.20. The summed E-state index contributed by atoms with van der Waals surface area (Å²) in [6.07, 6.45) is 0. The minimum atomic E-state index is -0.341. The van der Waals surface area contributed by atoms with Crippen LogP contribution in [-0.4, -0.2) is 10.3 Å². The Bertz CT molecular complexity index is 424. The first-order valence-corrected chi connectivity index (χ1v) is 6.29. The number of alkyl halides is 1. The fraction of sp³-hybridized carbons (Fsp3) is 0.250. The molecule has 0 amide bonds. The molecule has 0 aliphatic rings. The zero-order chi connectivity index (χ0) is 10.7. The average molecular weight is 382 g/mol. The molecule has 1 aromatic rings. The van der Waals surface area contributed by atoms with Crippen molar-refractivity contribution in [3.8, 4) is 12.1 Å². The molecule has 1 N–H and O–H groups in total. The summed E-state index contributed by atoms with van der Waals surface area (Å²) < 4.78 is 1.35. The van der Waals surface area contributed by atoms with Crippen LogP contribution in [0.4, 0.5) is 0 Å². The van der Waals surface area contributed by atoms with Crippen LogP contribution in [-0.2, 0) is 0 Å². The number of H-pyrrole nitrogens is 1. The highest BCUT2D eigenvalue weighted by Crippen LogP contribution is 2.32. The molecule has 0 saturated heterocycles. The molecule has 0 aliphatic carbocycles. The number of rotatable bonds is 2. The third kappa shape index (κ3) is 2.03. The van der Waals surface area contributed by atoms with Crippen LogP contribution in [0.2, 0.25) is 0 Å². The molecular weight excluding hydrogens is 378 g/mol. The van der Waals surface area contributed by atoms with E-state index >= 15 is 0 Å². The molecular formula is C8H4Br3N3. The van der Waals surface area contributed by atoms with E-state index in [2.05, 4.69) is 64.9 Å². The summed E-state index contributed by atoms with van der Waals surface area (Å²) in [5.41, 5.74) is 1.11. The summed E-state index contributed by atoms with van der Waals surface area (Å²) in [6.45, 7) is 0. The molecule has 1 heterocycles. The molecule has 0 spiro atoms. The van der Waals surface area contributed by atoms with E-state index in [1.54, 1.807) is 0 Å². The standard InChI is InChI=1S/C8H4Br3N3/c9-1-4(2-12)7-5(3-13)6(10)8(11)14-7/h4,14H,1H2. The number of nitrogens with one attached hydrogen (secondary N) is 1. The van der Waals surface area contributed by atoms with E-state index in [0.717, 1.165) is 0 Å². The van der Waals surface area contributed by atoms with Crippen molar-refractivity contribution < 1.29 is 0 Å². The molecule has 14 heavy (non-hydrogen) atoms. The normalized spacial score (nSPS) is 11.8. The van der Waals surface area contributed by atoms with Gasteiger partial charge in [-0.2, -0.15) is 10.5 Å². The van der Waals surface area contributed by atoms with Gasteiger partial charge in [-0.25, -0.2) is 0 Å². The maximum Gasteiger partial charge on any atom is 0.102 e. The Labute approximate surface area is 106 Å². The Morgan fingerprint density at radius 3 is 2.43 bits per heavy atom. The van der Waals surface area contributed by atoms with Gasteiger partial charge in [-0.3, -0.25) is 0 Å². The number of halogens is 3. The third-order valence-electron chi connectivity index (χ3n) is 1.70. The van der Waals surface area contributed by atoms with E-state index in [1.807, 2.05) is 0 Å². The maximum absolute atomic E-state index is 8.91. The number of hydrogen-bond acceptors (Lipinski definition) is 2. The van der Waals surface area contributed by atoms with Gasteiger partial charge in [0.25, 0.3) is 0 Å². The molecule has 72 valence electrons. The van der Waals surface area contributed by atoms with E-state index < -0.39 is 0 Å². The van der Waals surface area contributed by atoms with Crippen molar-refractivity contribution in [2.75, 3.05) is 5.33 Å². The summed E-state index contributed by atoms with van der Waals surface area (Å²) in [4.78, 5) is 2.96. The van der Waals surface area contributed by atoms with E-state index in [-0.39, 0.29) is 5.92 Å². The number of aromatic nitrogens is 1. The van der Waals surface area contributed by atoms with Crippen LogP contribution in [0.5, 0.6) is 0 Å². The predicted molar refractivity (Wildman–Crippen MR) is 63.1 cm³/mol. The lowest BCUT2D eigenvalue weighted by Gasteiger charge is -2.01. The number of nitrogens with zero attached hydrogens (tertiary/aromatic N) is 2. The summed E-state index contributed by atoms with van der Waals surface area (Å²) in [7, 11) is 0. The Kier molecular flexibility index (Phi) is 4.18. The number of hydrogen-bond donors (Lipinski definition) is 1. The van der Waals surface area contributed by atoms with E-state index in [9.17, 15) is 0 Å². The van der Waals surface area contributed by atoms with Gasteiger partial charge < -0.3 is 4.98 Å². The second kappa shape index (κ2) is 4.97. The summed E-state index contributed by atoms with van der Waals surface area (Å²) in [6, 6.07) is 4.17. The maximum atomic E-state index is 8.91.